The highest BCUT2D eigenvalue weighted by Gasteiger charge is 2.54. The molecule has 8 nitrogen and oxygen atoms in total. The number of carbonyl (C=O) groups excluding carboxylic acids is 2. The number of nitrogens with zero attached hydrogens (tertiary/aromatic N) is 1. The normalized spacial score (nSPS) is 24.4. The fourth-order valence-electron chi connectivity index (χ4n) is 7.49. The molecular weight excluding hydrogens is 630 g/mol. The zero-order chi connectivity index (χ0) is 34.2. The van der Waals surface area contributed by atoms with Crippen LogP contribution in [0.15, 0.2) is 72.3 Å². The molecule has 12 heteroatoms. The topological polar surface area (TPSA) is 108 Å². The van der Waals surface area contributed by atoms with E-state index in [9.17, 15) is 37.1 Å². The molecule has 3 aromatic rings. The van der Waals surface area contributed by atoms with Crippen LogP contribution in [-0.4, -0.2) is 49.1 Å². The summed E-state index contributed by atoms with van der Waals surface area (Å²) in [7, 11) is 1.43. The van der Waals surface area contributed by atoms with Crippen LogP contribution in [0.2, 0.25) is 0 Å². The molecule has 0 radical (unpaired) electrons. The van der Waals surface area contributed by atoms with Crippen LogP contribution >= 0.6 is 0 Å². The summed E-state index contributed by atoms with van der Waals surface area (Å²) in [4.78, 5) is 41.5. The third-order valence-electron chi connectivity index (χ3n) is 9.74. The molecule has 1 aliphatic heterocycles. The molecule has 5 atom stereocenters. The number of aliphatic carboxylic acids is 1. The van der Waals surface area contributed by atoms with Crippen LogP contribution in [0.1, 0.15) is 47.2 Å². The third kappa shape index (κ3) is 6.61. The summed E-state index contributed by atoms with van der Waals surface area (Å²) in [6.45, 7) is 0.920. The number of piperidine rings is 1. The molecule has 2 saturated carbocycles. The third-order valence-corrected chi connectivity index (χ3v) is 9.74. The van der Waals surface area contributed by atoms with Gasteiger partial charge in [-0.05, 0) is 73.6 Å². The SMILES string of the molecule is COc1ccc(N2CCCC(C(=O)O)C2)cc1C(=O)N[C@@H]1C2CCC(/C2=C/c2ccccc2)[C@@H]1C(=O)Nc1ccc(F)c(C(F)(F)F)c1. The van der Waals surface area contributed by atoms with Crippen molar-refractivity contribution in [2.24, 2.45) is 23.7 Å². The molecule has 6 rings (SSSR count). The Morgan fingerprint density at radius 2 is 1.73 bits per heavy atom. The number of methoxy groups -OCH3 is 1. The molecule has 2 aliphatic carbocycles. The van der Waals surface area contributed by atoms with Crippen molar-refractivity contribution in [3.8, 4) is 5.75 Å². The van der Waals surface area contributed by atoms with E-state index in [0.717, 1.165) is 17.2 Å². The van der Waals surface area contributed by atoms with Crippen LogP contribution in [0.3, 0.4) is 0 Å². The van der Waals surface area contributed by atoms with Crippen molar-refractivity contribution in [1.29, 1.82) is 0 Å². The highest BCUT2D eigenvalue weighted by Crippen LogP contribution is 2.53. The van der Waals surface area contributed by atoms with Crippen LogP contribution in [0.4, 0.5) is 28.9 Å². The van der Waals surface area contributed by atoms with Crippen LogP contribution in [0.5, 0.6) is 5.75 Å². The number of amides is 2. The number of alkyl halides is 3. The second-order valence-corrected chi connectivity index (χ2v) is 12.6. The Morgan fingerprint density at radius 3 is 2.44 bits per heavy atom. The first-order chi connectivity index (χ1) is 22.9. The molecule has 2 bridgehead atoms. The average molecular weight is 666 g/mol. The molecule has 3 aromatic carbocycles. The summed E-state index contributed by atoms with van der Waals surface area (Å²) in [5.41, 5.74) is 1.06. The van der Waals surface area contributed by atoms with Gasteiger partial charge < -0.3 is 25.4 Å². The van der Waals surface area contributed by atoms with Crippen LogP contribution < -0.4 is 20.3 Å². The van der Waals surface area contributed by atoms with Crippen molar-refractivity contribution in [3.63, 3.8) is 0 Å². The largest absolute Gasteiger partial charge is 0.496 e. The van der Waals surface area contributed by atoms with Crippen molar-refractivity contribution < 1.29 is 41.8 Å². The number of fused-ring (bicyclic) bond motifs is 2. The molecular formula is C36H35F4N3O5. The van der Waals surface area contributed by atoms with Crippen molar-refractivity contribution in [2.75, 3.05) is 30.4 Å². The predicted molar refractivity (Wildman–Crippen MR) is 171 cm³/mol. The zero-order valence-corrected chi connectivity index (χ0v) is 26.1. The lowest BCUT2D eigenvalue weighted by molar-refractivity contribution is -0.142. The van der Waals surface area contributed by atoms with E-state index in [4.69, 9.17) is 4.74 Å². The summed E-state index contributed by atoms with van der Waals surface area (Å²) >= 11 is 0. The Bertz CT molecular complexity index is 1750. The maximum absolute atomic E-state index is 14.0. The highest BCUT2D eigenvalue weighted by molar-refractivity contribution is 6.00. The van der Waals surface area contributed by atoms with Gasteiger partial charge >= 0.3 is 12.1 Å². The van der Waals surface area contributed by atoms with Crippen LogP contribution in [0.25, 0.3) is 6.08 Å². The number of nitrogens with one attached hydrogen (secondary N) is 2. The van der Waals surface area contributed by atoms with Gasteiger partial charge in [0.2, 0.25) is 5.91 Å². The number of anilines is 2. The fraction of sp³-hybridized carbons (Fsp3) is 0.361. The Balaban J connectivity index is 1.31. The smallest absolute Gasteiger partial charge is 0.419 e. The molecule has 2 amide bonds. The monoisotopic (exact) mass is 665 g/mol. The fourth-order valence-corrected chi connectivity index (χ4v) is 7.49. The van der Waals surface area contributed by atoms with Gasteiger partial charge in [0.25, 0.3) is 5.91 Å². The second-order valence-electron chi connectivity index (χ2n) is 12.6. The number of halogens is 4. The predicted octanol–water partition coefficient (Wildman–Crippen LogP) is 6.63. The lowest BCUT2D eigenvalue weighted by atomic mass is 9.83. The van der Waals surface area contributed by atoms with Gasteiger partial charge in [0, 0.05) is 36.4 Å². The zero-order valence-electron chi connectivity index (χ0n) is 26.1. The van der Waals surface area contributed by atoms with Gasteiger partial charge in [0.1, 0.15) is 11.6 Å². The molecule has 1 saturated heterocycles. The van der Waals surface area contributed by atoms with Gasteiger partial charge in [-0.15, -0.1) is 0 Å². The van der Waals surface area contributed by atoms with E-state index in [1.807, 2.05) is 41.3 Å². The Hall–Kier alpha value is -4.87. The summed E-state index contributed by atoms with van der Waals surface area (Å²) in [6, 6.07) is 16.2. The summed E-state index contributed by atoms with van der Waals surface area (Å²) in [6.07, 6.45) is -0.364. The van der Waals surface area contributed by atoms with E-state index < -0.39 is 53.2 Å². The first-order valence-electron chi connectivity index (χ1n) is 15.9. The van der Waals surface area contributed by atoms with Gasteiger partial charge in [0.05, 0.1) is 30.1 Å². The molecule has 3 N–H and O–H groups in total. The minimum Gasteiger partial charge on any atom is -0.496 e. The molecule has 3 aliphatic rings. The number of ether oxygens (including phenoxy) is 1. The van der Waals surface area contributed by atoms with Gasteiger partial charge in [-0.1, -0.05) is 42.0 Å². The standard InChI is InChI=1S/C36H35F4N3O5/c1-48-30-14-10-23(43-15-5-8-21(19-43)35(46)47)18-27(30)33(44)42-32-25-12-11-24(26(25)16-20-6-3-2-4-7-20)31(32)34(45)41-22-9-13-29(37)28(17-22)36(38,39)40/h2-4,6-7,9-10,13-14,16-18,21,24-25,31-32H,5,8,11-12,15,19H2,1H3,(H,41,45)(H,42,44)(H,46,47)/b26-16-/t21?,24?,25?,31-,32+/m0/s1. The molecule has 0 spiro atoms. The lowest BCUT2D eigenvalue weighted by Gasteiger charge is -2.33. The van der Waals surface area contributed by atoms with Gasteiger partial charge in [-0.3, -0.25) is 14.4 Å². The average Bonchev–Trinajstić information content (AvgIpc) is 3.59. The van der Waals surface area contributed by atoms with Crippen molar-refractivity contribution in [2.45, 2.75) is 37.9 Å². The van der Waals surface area contributed by atoms with Crippen LogP contribution in [-0.2, 0) is 15.8 Å². The first kappa shape index (κ1) is 33.0. The number of benzene rings is 3. The molecule has 48 heavy (non-hydrogen) atoms. The second kappa shape index (κ2) is 13.3. The first-order valence-corrected chi connectivity index (χ1v) is 15.9. The molecule has 0 aromatic heterocycles. The van der Waals surface area contributed by atoms with Gasteiger partial charge in [-0.2, -0.15) is 13.2 Å². The molecule has 3 fully saturated rings. The van der Waals surface area contributed by atoms with E-state index >= 15 is 0 Å². The molecule has 252 valence electrons. The maximum Gasteiger partial charge on any atom is 0.419 e. The van der Waals surface area contributed by atoms with E-state index in [1.54, 1.807) is 18.2 Å². The quantitative estimate of drug-likeness (QED) is 0.233. The summed E-state index contributed by atoms with van der Waals surface area (Å²) < 4.78 is 59.8. The number of carboxylic acids is 1. The minimum absolute atomic E-state index is 0.203. The number of carbonyl (C=O) groups is 3. The summed E-state index contributed by atoms with van der Waals surface area (Å²) in [5, 5.41) is 15.2. The number of carboxylic acid groups (broad SMARTS) is 1. The van der Waals surface area contributed by atoms with Crippen LogP contribution in [0, 0.1) is 29.5 Å². The van der Waals surface area contributed by atoms with E-state index in [2.05, 4.69) is 10.6 Å². The Kier molecular flexibility index (Phi) is 9.18. The maximum atomic E-state index is 14.0. The van der Waals surface area contributed by atoms with Gasteiger partial charge in [0.15, 0.2) is 0 Å². The minimum atomic E-state index is -4.95. The van der Waals surface area contributed by atoms with Crippen molar-refractivity contribution in [1.82, 2.24) is 5.32 Å². The van der Waals surface area contributed by atoms with E-state index in [-0.39, 0.29) is 23.1 Å². The van der Waals surface area contributed by atoms with Crippen molar-refractivity contribution in [3.05, 3.63) is 94.8 Å². The van der Waals surface area contributed by atoms with E-state index in [0.29, 0.717) is 62.3 Å². The van der Waals surface area contributed by atoms with E-state index in [1.165, 1.54) is 7.11 Å². The van der Waals surface area contributed by atoms with Crippen molar-refractivity contribution >= 4 is 35.2 Å². The number of hydrogen-bond donors (Lipinski definition) is 3. The Morgan fingerprint density at radius 1 is 0.979 bits per heavy atom. The molecule has 3 unspecified atom stereocenters. The lowest BCUT2D eigenvalue weighted by Crippen LogP contribution is -2.48. The number of hydrogen-bond acceptors (Lipinski definition) is 5. The molecule has 1 heterocycles. The highest BCUT2D eigenvalue weighted by atomic mass is 19.4. The summed E-state index contributed by atoms with van der Waals surface area (Å²) in [5.74, 6) is -4.99. The number of rotatable bonds is 8. The Labute approximate surface area is 274 Å². The van der Waals surface area contributed by atoms with Gasteiger partial charge in [-0.25, -0.2) is 4.39 Å².